The molecule has 82 valence electrons. The third-order valence-corrected chi connectivity index (χ3v) is 3.56. The summed E-state index contributed by atoms with van der Waals surface area (Å²) < 4.78 is 1.24. The van der Waals surface area contributed by atoms with Gasteiger partial charge < -0.3 is 5.32 Å². The van der Waals surface area contributed by atoms with Crippen LogP contribution in [0.1, 0.15) is 11.1 Å². The fourth-order valence-electron chi connectivity index (χ4n) is 1.71. The largest absolute Gasteiger partial charge is 0.354 e. The lowest BCUT2D eigenvalue weighted by molar-refractivity contribution is 1.35. The van der Waals surface area contributed by atoms with Crippen molar-refractivity contribution >= 4 is 34.0 Å². The molecule has 2 heteroatoms. The van der Waals surface area contributed by atoms with Crippen LogP contribution < -0.4 is 5.32 Å². The standard InChI is InChI=1S/C14H14IN/c1-10-6-5-7-11(2)14(10)16-13-9-4-3-8-12(13)15/h3-9,16H,1-2H3. The van der Waals surface area contributed by atoms with Gasteiger partial charge in [-0.1, -0.05) is 30.3 Å². The minimum atomic E-state index is 1.17. The molecule has 0 heterocycles. The van der Waals surface area contributed by atoms with Gasteiger partial charge in [0.05, 0.1) is 5.69 Å². The fraction of sp³-hybridized carbons (Fsp3) is 0.143. The summed E-state index contributed by atoms with van der Waals surface area (Å²) in [7, 11) is 0. The van der Waals surface area contributed by atoms with Gasteiger partial charge in [-0.3, -0.25) is 0 Å². The lowest BCUT2D eigenvalue weighted by Gasteiger charge is -2.13. The van der Waals surface area contributed by atoms with Crippen molar-refractivity contribution in [1.82, 2.24) is 0 Å². The van der Waals surface area contributed by atoms with Gasteiger partial charge in [-0.15, -0.1) is 0 Å². The van der Waals surface area contributed by atoms with Crippen LogP contribution >= 0.6 is 22.6 Å². The van der Waals surface area contributed by atoms with E-state index in [1.807, 2.05) is 0 Å². The Morgan fingerprint density at radius 1 is 0.875 bits per heavy atom. The summed E-state index contributed by atoms with van der Waals surface area (Å²) in [6, 6.07) is 14.7. The summed E-state index contributed by atoms with van der Waals surface area (Å²) in [5.74, 6) is 0. The Labute approximate surface area is 110 Å². The molecular weight excluding hydrogens is 309 g/mol. The number of nitrogens with one attached hydrogen (secondary N) is 1. The van der Waals surface area contributed by atoms with E-state index >= 15 is 0 Å². The number of rotatable bonds is 2. The van der Waals surface area contributed by atoms with Crippen LogP contribution in [0.2, 0.25) is 0 Å². The zero-order chi connectivity index (χ0) is 11.5. The van der Waals surface area contributed by atoms with E-state index in [0.29, 0.717) is 0 Å². The Morgan fingerprint density at radius 3 is 2.12 bits per heavy atom. The van der Waals surface area contributed by atoms with E-state index in [1.165, 1.54) is 26.1 Å². The molecular formula is C14H14IN. The molecule has 0 aliphatic carbocycles. The molecule has 2 aromatic rings. The van der Waals surface area contributed by atoms with E-state index in [-0.39, 0.29) is 0 Å². The van der Waals surface area contributed by atoms with Crippen molar-refractivity contribution in [3.05, 3.63) is 57.2 Å². The maximum absolute atomic E-state index is 3.50. The first-order chi connectivity index (χ1) is 7.68. The summed E-state index contributed by atoms with van der Waals surface area (Å²) in [6.07, 6.45) is 0. The fourth-order valence-corrected chi connectivity index (χ4v) is 2.23. The molecule has 16 heavy (non-hydrogen) atoms. The third kappa shape index (κ3) is 2.38. The zero-order valence-electron chi connectivity index (χ0n) is 9.42. The minimum Gasteiger partial charge on any atom is -0.354 e. The molecule has 0 spiro atoms. The molecule has 0 fully saturated rings. The van der Waals surface area contributed by atoms with Crippen molar-refractivity contribution in [3.8, 4) is 0 Å². The molecule has 0 atom stereocenters. The monoisotopic (exact) mass is 323 g/mol. The van der Waals surface area contributed by atoms with Gasteiger partial charge >= 0.3 is 0 Å². The van der Waals surface area contributed by atoms with Crippen molar-refractivity contribution < 1.29 is 0 Å². The summed E-state index contributed by atoms with van der Waals surface area (Å²) >= 11 is 2.35. The van der Waals surface area contributed by atoms with E-state index < -0.39 is 0 Å². The lowest BCUT2D eigenvalue weighted by Crippen LogP contribution is -1.97. The molecule has 0 amide bonds. The van der Waals surface area contributed by atoms with Gasteiger partial charge in [0.2, 0.25) is 0 Å². The van der Waals surface area contributed by atoms with E-state index in [4.69, 9.17) is 0 Å². The highest BCUT2D eigenvalue weighted by Crippen LogP contribution is 2.26. The van der Waals surface area contributed by atoms with Gasteiger partial charge in [0.25, 0.3) is 0 Å². The molecule has 2 rings (SSSR count). The Bertz CT molecular complexity index is 486. The van der Waals surface area contributed by atoms with Gasteiger partial charge in [0, 0.05) is 9.26 Å². The maximum Gasteiger partial charge on any atom is 0.0520 e. The second kappa shape index (κ2) is 4.87. The highest BCUT2D eigenvalue weighted by atomic mass is 127. The van der Waals surface area contributed by atoms with Gasteiger partial charge in [-0.05, 0) is 59.7 Å². The molecule has 0 saturated carbocycles. The van der Waals surface area contributed by atoms with Crippen LogP contribution in [0.25, 0.3) is 0 Å². The predicted molar refractivity (Wildman–Crippen MR) is 78.4 cm³/mol. The van der Waals surface area contributed by atoms with Gasteiger partial charge in [-0.2, -0.15) is 0 Å². The molecule has 2 aromatic carbocycles. The van der Waals surface area contributed by atoms with Crippen LogP contribution in [-0.4, -0.2) is 0 Å². The van der Waals surface area contributed by atoms with Crippen LogP contribution in [-0.2, 0) is 0 Å². The molecule has 1 N–H and O–H groups in total. The number of anilines is 2. The van der Waals surface area contributed by atoms with Crippen molar-refractivity contribution in [2.45, 2.75) is 13.8 Å². The normalized spacial score (nSPS) is 10.2. The van der Waals surface area contributed by atoms with Crippen molar-refractivity contribution in [2.24, 2.45) is 0 Å². The van der Waals surface area contributed by atoms with E-state index in [1.54, 1.807) is 0 Å². The topological polar surface area (TPSA) is 12.0 Å². The second-order valence-corrected chi connectivity index (χ2v) is 5.03. The van der Waals surface area contributed by atoms with Gasteiger partial charge in [0.15, 0.2) is 0 Å². The number of aryl methyl sites for hydroxylation is 2. The number of hydrogen-bond donors (Lipinski definition) is 1. The zero-order valence-corrected chi connectivity index (χ0v) is 11.6. The van der Waals surface area contributed by atoms with E-state index in [9.17, 15) is 0 Å². The molecule has 0 aliphatic rings. The first-order valence-corrected chi connectivity index (χ1v) is 6.34. The molecule has 0 aliphatic heterocycles. The molecule has 0 radical (unpaired) electrons. The average molecular weight is 323 g/mol. The summed E-state index contributed by atoms with van der Waals surface area (Å²) in [5, 5.41) is 3.50. The van der Waals surface area contributed by atoms with E-state index in [2.05, 4.69) is 84.2 Å². The van der Waals surface area contributed by atoms with Crippen LogP contribution in [0.15, 0.2) is 42.5 Å². The quantitative estimate of drug-likeness (QED) is 0.793. The summed E-state index contributed by atoms with van der Waals surface area (Å²) in [4.78, 5) is 0. The summed E-state index contributed by atoms with van der Waals surface area (Å²) in [6.45, 7) is 4.26. The Hall–Kier alpha value is -1.03. The van der Waals surface area contributed by atoms with Crippen molar-refractivity contribution in [2.75, 3.05) is 5.32 Å². The van der Waals surface area contributed by atoms with Crippen molar-refractivity contribution in [3.63, 3.8) is 0 Å². The van der Waals surface area contributed by atoms with Gasteiger partial charge in [-0.25, -0.2) is 0 Å². The van der Waals surface area contributed by atoms with Crippen molar-refractivity contribution in [1.29, 1.82) is 0 Å². The first kappa shape index (κ1) is 11.5. The lowest BCUT2D eigenvalue weighted by atomic mass is 10.1. The Kier molecular flexibility index (Phi) is 3.49. The van der Waals surface area contributed by atoms with E-state index in [0.717, 1.165) is 0 Å². The smallest absolute Gasteiger partial charge is 0.0520 e. The predicted octanol–water partition coefficient (Wildman–Crippen LogP) is 4.65. The third-order valence-electron chi connectivity index (χ3n) is 2.61. The number of benzene rings is 2. The molecule has 0 aromatic heterocycles. The molecule has 0 saturated heterocycles. The Balaban J connectivity index is 2.38. The molecule has 0 unspecified atom stereocenters. The minimum absolute atomic E-state index is 1.17. The number of halogens is 1. The summed E-state index contributed by atoms with van der Waals surface area (Å²) in [5.41, 5.74) is 4.94. The number of hydrogen-bond acceptors (Lipinski definition) is 1. The SMILES string of the molecule is Cc1cccc(C)c1Nc1ccccc1I. The molecule has 0 bridgehead atoms. The first-order valence-electron chi connectivity index (χ1n) is 5.26. The van der Waals surface area contributed by atoms with Gasteiger partial charge in [0.1, 0.15) is 0 Å². The second-order valence-electron chi connectivity index (χ2n) is 3.87. The highest BCUT2D eigenvalue weighted by Gasteiger charge is 2.03. The van der Waals surface area contributed by atoms with Crippen LogP contribution in [0.5, 0.6) is 0 Å². The maximum atomic E-state index is 3.50. The molecule has 1 nitrogen and oxygen atoms in total. The highest BCUT2D eigenvalue weighted by molar-refractivity contribution is 14.1. The average Bonchev–Trinajstić information content (AvgIpc) is 2.26. The number of para-hydroxylation sites is 2. The van der Waals surface area contributed by atoms with Crippen LogP contribution in [0.4, 0.5) is 11.4 Å². The van der Waals surface area contributed by atoms with Crippen LogP contribution in [0, 0.1) is 17.4 Å². The van der Waals surface area contributed by atoms with Crippen LogP contribution in [0.3, 0.4) is 0 Å². The Morgan fingerprint density at radius 2 is 1.50 bits per heavy atom.